The number of rotatable bonds is 4. The first kappa shape index (κ1) is 12.2. The van der Waals surface area contributed by atoms with Crippen LogP contribution in [0.2, 0.25) is 0 Å². The summed E-state index contributed by atoms with van der Waals surface area (Å²) < 4.78 is 1.97. The molecule has 18 heavy (non-hydrogen) atoms. The zero-order valence-corrected chi connectivity index (χ0v) is 11.3. The van der Waals surface area contributed by atoms with Gasteiger partial charge in [0.15, 0.2) is 0 Å². The van der Waals surface area contributed by atoms with Gasteiger partial charge in [-0.3, -0.25) is 4.68 Å². The van der Waals surface area contributed by atoms with Crippen LogP contribution in [0, 0.1) is 11.8 Å². The van der Waals surface area contributed by atoms with Gasteiger partial charge in [0.2, 0.25) is 0 Å². The normalized spacial score (nSPS) is 32.7. The van der Waals surface area contributed by atoms with Gasteiger partial charge in [0.1, 0.15) is 0 Å². The molecule has 1 heterocycles. The molecule has 100 valence electrons. The Balaban J connectivity index is 1.74. The van der Waals surface area contributed by atoms with Gasteiger partial charge in [0, 0.05) is 18.3 Å². The van der Waals surface area contributed by atoms with Crippen molar-refractivity contribution in [3.05, 3.63) is 18.0 Å². The molecule has 2 aliphatic rings. The quantitative estimate of drug-likeness (QED) is 0.889. The Kier molecular flexibility index (Phi) is 3.18. The fourth-order valence-corrected chi connectivity index (χ4v) is 3.48. The fraction of sp³-hybridized carbons (Fsp3) is 0.800. The zero-order valence-electron chi connectivity index (χ0n) is 11.3. The first-order chi connectivity index (χ1) is 8.71. The van der Waals surface area contributed by atoms with Gasteiger partial charge in [-0.05, 0) is 56.8 Å². The molecule has 3 nitrogen and oxygen atoms in total. The molecular formula is C15H24N2O. The molecular weight excluding hydrogens is 224 g/mol. The highest BCUT2D eigenvalue weighted by Gasteiger charge is 2.42. The van der Waals surface area contributed by atoms with Crippen LogP contribution < -0.4 is 0 Å². The van der Waals surface area contributed by atoms with Gasteiger partial charge in [-0.15, -0.1) is 0 Å². The molecule has 0 aromatic carbocycles. The van der Waals surface area contributed by atoms with E-state index in [9.17, 15) is 5.11 Å². The van der Waals surface area contributed by atoms with E-state index >= 15 is 0 Å². The standard InChI is InChI=1S/C15H24N2O/c1-2-8-17-11-14(10-16-17)15(18)7-3-4-13(9-15)12-5-6-12/h10-13,18H,2-9H2,1H3. The van der Waals surface area contributed by atoms with Crippen molar-refractivity contribution in [2.45, 2.75) is 64.0 Å². The van der Waals surface area contributed by atoms with Crippen LogP contribution in [0.5, 0.6) is 0 Å². The number of hydrogen-bond acceptors (Lipinski definition) is 2. The van der Waals surface area contributed by atoms with E-state index in [0.717, 1.165) is 49.6 Å². The first-order valence-electron chi connectivity index (χ1n) is 7.46. The summed E-state index contributed by atoms with van der Waals surface area (Å²) in [5, 5.41) is 15.3. The summed E-state index contributed by atoms with van der Waals surface area (Å²) >= 11 is 0. The summed E-state index contributed by atoms with van der Waals surface area (Å²) in [4.78, 5) is 0. The third-order valence-corrected chi connectivity index (χ3v) is 4.68. The second-order valence-electron chi connectivity index (χ2n) is 6.22. The molecule has 0 amide bonds. The van der Waals surface area contributed by atoms with E-state index in [0.29, 0.717) is 0 Å². The minimum atomic E-state index is -0.600. The van der Waals surface area contributed by atoms with Crippen LogP contribution in [0.4, 0.5) is 0 Å². The lowest BCUT2D eigenvalue weighted by molar-refractivity contribution is -0.0252. The van der Waals surface area contributed by atoms with Crippen LogP contribution in [-0.2, 0) is 12.1 Å². The summed E-state index contributed by atoms with van der Waals surface area (Å²) in [6.07, 6.45) is 12.1. The largest absolute Gasteiger partial charge is 0.385 e. The summed E-state index contributed by atoms with van der Waals surface area (Å²) in [5.41, 5.74) is 0.443. The first-order valence-corrected chi connectivity index (χ1v) is 7.46. The van der Waals surface area contributed by atoms with Crippen molar-refractivity contribution in [1.29, 1.82) is 0 Å². The van der Waals surface area contributed by atoms with Gasteiger partial charge >= 0.3 is 0 Å². The van der Waals surface area contributed by atoms with E-state index in [1.54, 1.807) is 0 Å². The van der Waals surface area contributed by atoms with Crippen molar-refractivity contribution in [2.75, 3.05) is 0 Å². The molecule has 2 saturated carbocycles. The molecule has 1 N–H and O–H groups in total. The van der Waals surface area contributed by atoms with Crippen LogP contribution in [0.15, 0.2) is 12.4 Å². The Morgan fingerprint density at radius 1 is 1.39 bits per heavy atom. The van der Waals surface area contributed by atoms with E-state index in [1.807, 2.05) is 10.9 Å². The molecule has 0 radical (unpaired) electrons. The second-order valence-corrected chi connectivity index (χ2v) is 6.22. The lowest BCUT2D eigenvalue weighted by Gasteiger charge is -2.36. The van der Waals surface area contributed by atoms with Gasteiger partial charge < -0.3 is 5.11 Å². The SMILES string of the molecule is CCCn1cc(C2(O)CCCC(C3CC3)C2)cn1. The maximum Gasteiger partial charge on any atom is 0.0929 e. The third kappa shape index (κ3) is 2.33. The Hall–Kier alpha value is -0.830. The van der Waals surface area contributed by atoms with Gasteiger partial charge in [-0.2, -0.15) is 5.10 Å². The minimum absolute atomic E-state index is 0.600. The van der Waals surface area contributed by atoms with Crippen LogP contribution in [0.3, 0.4) is 0 Å². The molecule has 0 saturated heterocycles. The Morgan fingerprint density at radius 3 is 2.94 bits per heavy atom. The summed E-state index contributed by atoms with van der Waals surface area (Å²) in [5.74, 6) is 1.65. The maximum atomic E-state index is 10.9. The summed E-state index contributed by atoms with van der Waals surface area (Å²) in [7, 11) is 0. The van der Waals surface area contributed by atoms with Gasteiger partial charge in [0.05, 0.1) is 11.8 Å². The molecule has 0 spiro atoms. The number of aromatic nitrogens is 2. The predicted molar refractivity (Wildman–Crippen MR) is 71.1 cm³/mol. The molecule has 2 aliphatic carbocycles. The fourth-order valence-electron chi connectivity index (χ4n) is 3.48. The highest BCUT2D eigenvalue weighted by atomic mass is 16.3. The predicted octanol–water partition coefficient (Wildman–Crippen LogP) is 3.08. The molecule has 0 aliphatic heterocycles. The second kappa shape index (κ2) is 4.69. The summed E-state index contributed by atoms with van der Waals surface area (Å²) in [6.45, 7) is 3.10. The molecule has 2 fully saturated rings. The number of nitrogens with zero attached hydrogens (tertiary/aromatic N) is 2. The minimum Gasteiger partial charge on any atom is -0.385 e. The molecule has 2 unspecified atom stereocenters. The molecule has 3 heteroatoms. The van der Waals surface area contributed by atoms with Crippen LogP contribution in [-0.4, -0.2) is 14.9 Å². The van der Waals surface area contributed by atoms with Crippen molar-refractivity contribution in [3.63, 3.8) is 0 Å². The van der Waals surface area contributed by atoms with Crippen molar-refractivity contribution in [1.82, 2.24) is 9.78 Å². The zero-order chi connectivity index (χ0) is 12.6. The molecule has 2 atom stereocenters. The van der Waals surface area contributed by atoms with Crippen molar-refractivity contribution in [3.8, 4) is 0 Å². The lowest BCUT2D eigenvalue weighted by Crippen LogP contribution is -2.33. The number of aliphatic hydroxyl groups is 1. The Labute approximate surface area is 109 Å². The van der Waals surface area contributed by atoms with Crippen molar-refractivity contribution < 1.29 is 5.11 Å². The van der Waals surface area contributed by atoms with Gasteiger partial charge in [0.25, 0.3) is 0 Å². The Bertz CT molecular complexity index is 410. The van der Waals surface area contributed by atoms with Gasteiger partial charge in [-0.25, -0.2) is 0 Å². The molecule has 1 aromatic heterocycles. The van der Waals surface area contributed by atoms with E-state index < -0.39 is 5.60 Å². The van der Waals surface area contributed by atoms with E-state index in [2.05, 4.69) is 18.2 Å². The van der Waals surface area contributed by atoms with E-state index in [-0.39, 0.29) is 0 Å². The van der Waals surface area contributed by atoms with Crippen molar-refractivity contribution in [2.24, 2.45) is 11.8 Å². The topological polar surface area (TPSA) is 38.0 Å². The number of aryl methyl sites for hydroxylation is 1. The average Bonchev–Trinajstić information content (AvgIpc) is 3.10. The maximum absolute atomic E-state index is 10.9. The highest BCUT2D eigenvalue weighted by Crippen LogP contribution is 2.49. The number of hydrogen-bond donors (Lipinski definition) is 1. The molecule has 1 aromatic rings. The molecule has 0 bridgehead atoms. The lowest BCUT2D eigenvalue weighted by atomic mass is 9.73. The monoisotopic (exact) mass is 248 g/mol. The smallest absolute Gasteiger partial charge is 0.0929 e. The van der Waals surface area contributed by atoms with Crippen LogP contribution in [0.1, 0.15) is 57.4 Å². The van der Waals surface area contributed by atoms with E-state index in [4.69, 9.17) is 0 Å². The highest BCUT2D eigenvalue weighted by molar-refractivity contribution is 5.17. The Morgan fingerprint density at radius 2 is 2.22 bits per heavy atom. The van der Waals surface area contributed by atoms with Crippen molar-refractivity contribution >= 4 is 0 Å². The molecule has 3 rings (SSSR count). The summed E-state index contributed by atoms with van der Waals surface area (Å²) in [6, 6.07) is 0. The van der Waals surface area contributed by atoms with E-state index in [1.165, 1.54) is 19.3 Å². The third-order valence-electron chi connectivity index (χ3n) is 4.68. The van der Waals surface area contributed by atoms with Crippen LogP contribution >= 0.6 is 0 Å². The van der Waals surface area contributed by atoms with Crippen LogP contribution in [0.25, 0.3) is 0 Å². The average molecular weight is 248 g/mol. The van der Waals surface area contributed by atoms with Gasteiger partial charge in [-0.1, -0.05) is 6.92 Å².